The molecule has 0 aliphatic carbocycles. The third-order valence-corrected chi connectivity index (χ3v) is 3.19. The highest BCUT2D eigenvalue weighted by Gasteiger charge is 2.25. The largest absolute Gasteiger partial charge is 0.374 e. The summed E-state index contributed by atoms with van der Waals surface area (Å²) in [5.41, 5.74) is 4.54. The van der Waals surface area contributed by atoms with Crippen LogP contribution in [0.5, 0.6) is 0 Å². The first-order chi connectivity index (χ1) is 6.61. The fourth-order valence-corrected chi connectivity index (χ4v) is 2.54. The van der Waals surface area contributed by atoms with E-state index in [1.54, 1.807) is 5.56 Å². The molecule has 1 aliphatic rings. The van der Waals surface area contributed by atoms with Crippen LogP contribution in [0.15, 0.2) is 18.2 Å². The molecule has 1 atom stereocenters. The van der Waals surface area contributed by atoms with Crippen molar-refractivity contribution >= 4 is 5.69 Å². The van der Waals surface area contributed by atoms with Gasteiger partial charge in [-0.25, -0.2) is 0 Å². The molecular weight excluding hydrogens is 170 g/mol. The average molecular weight is 189 g/mol. The lowest BCUT2D eigenvalue weighted by Crippen LogP contribution is -2.13. The number of fused-ring (bicyclic) bond motifs is 1. The lowest BCUT2D eigenvalue weighted by molar-refractivity contribution is 0.768. The number of hydrogen-bond acceptors (Lipinski definition) is 1. The van der Waals surface area contributed by atoms with Crippen LogP contribution in [-0.4, -0.2) is 13.6 Å². The first kappa shape index (κ1) is 9.57. The second-order valence-electron chi connectivity index (χ2n) is 4.72. The summed E-state index contributed by atoms with van der Waals surface area (Å²) in [4.78, 5) is 2.37. The zero-order valence-electron chi connectivity index (χ0n) is 9.54. The minimum absolute atomic E-state index is 0.638. The second-order valence-corrected chi connectivity index (χ2v) is 4.72. The summed E-state index contributed by atoms with van der Waals surface area (Å²) in [7, 11) is 2.19. The van der Waals surface area contributed by atoms with Crippen LogP contribution in [0.2, 0.25) is 0 Å². The van der Waals surface area contributed by atoms with Crippen LogP contribution in [0.1, 0.15) is 43.7 Å². The monoisotopic (exact) mass is 189 g/mol. The number of benzene rings is 1. The third kappa shape index (κ3) is 1.31. The van der Waals surface area contributed by atoms with E-state index in [0.717, 1.165) is 0 Å². The fraction of sp³-hybridized carbons (Fsp3) is 0.538. The van der Waals surface area contributed by atoms with Crippen LogP contribution < -0.4 is 4.90 Å². The van der Waals surface area contributed by atoms with Gasteiger partial charge in [-0.05, 0) is 23.1 Å². The average Bonchev–Trinajstić information content (AvgIpc) is 2.43. The molecule has 1 aliphatic heterocycles. The van der Waals surface area contributed by atoms with E-state index in [-0.39, 0.29) is 0 Å². The molecule has 0 N–H and O–H groups in total. The van der Waals surface area contributed by atoms with Crippen LogP contribution in [0.4, 0.5) is 5.69 Å². The standard InChI is InChI=1S/C13H19N/c1-9(2)11-6-5-7-12-13(11)10(3)8-14(12)4/h5-7,9-10H,8H2,1-4H3. The molecule has 0 radical (unpaired) electrons. The Bertz CT molecular complexity index is 341. The molecule has 0 saturated carbocycles. The number of anilines is 1. The molecule has 0 bridgehead atoms. The minimum atomic E-state index is 0.638. The third-order valence-electron chi connectivity index (χ3n) is 3.19. The Morgan fingerprint density at radius 2 is 2.07 bits per heavy atom. The van der Waals surface area contributed by atoms with Crippen molar-refractivity contribution in [1.82, 2.24) is 0 Å². The predicted molar refractivity (Wildman–Crippen MR) is 62.2 cm³/mol. The van der Waals surface area contributed by atoms with Crippen molar-refractivity contribution < 1.29 is 0 Å². The molecule has 1 aromatic carbocycles. The van der Waals surface area contributed by atoms with Crippen molar-refractivity contribution in [1.29, 1.82) is 0 Å². The smallest absolute Gasteiger partial charge is 0.0402 e. The van der Waals surface area contributed by atoms with Crippen molar-refractivity contribution in [2.45, 2.75) is 32.6 Å². The molecule has 1 nitrogen and oxygen atoms in total. The van der Waals surface area contributed by atoms with Crippen LogP contribution in [-0.2, 0) is 0 Å². The number of rotatable bonds is 1. The van der Waals surface area contributed by atoms with Crippen molar-refractivity contribution in [2.75, 3.05) is 18.5 Å². The van der Waals surface area contributed by atoms with Crippen LogP contribution in [0.25, 0.3) is 0 Å². The van der Waals surface area contributed by atoms with Gasteiger partial charge in [0.15, 0.2) is 0 Å². The Hall–Kier alpha value is -0.980. The second kappa shape index (κ2) is 3.30. The number of hydrogen-bond donors (Lipinski definition) is 0. The van der Waals surface area contributed by atoms with Crippen molar-refractivity contribution in [2.24, 2.45) is 0 Å². The zero-order chi connectivity index (χ0) is 10.3. The molecular formula is C13H19N. The van der Waals surface area contributed by atoms with E-state index in [1.165, 1.54) is 17.8 Å². The van der Waals surface area contributed by atoms with Gasteiger partial charge in [-0.3, -0.25) is 0 Å². The van der Waals surface area contributed by atoms with Crippen molar-refractivity contribution in [3.8, 4) is 0 Å². The highest BCUT2D eigenvalue weighted by molar-refractivity contribution is 5.62. The van der Waals surface area contributed by atoms with Gasteiger partial charge in [0.05, 0.1) is 0 Å². The van der Waals surface area contributed by atoms with Gasteiger partial charge < -0.3 is 4.90 Å². The molecule has 2 rings (SSSR count). The first-order valence-electron chi connectivity index (χ1n) is 5.45. The summed E-state index contributed by atoms with van der Waals surface area (Å²) < 4.78 is 0. The lowest BCUT2D eigenvalue weighted by atomic mass is 9.91. The summed E-state index contributed by atoms with van der Waals surface area (Å²) in [6.45, 7) is 8.05. The van der Waals surface area contributed by atoms with Gasteiger partial charge in [0.2, 0.25) is 0 Å². The van der Waals surface area contributed by atoms with E-state index >= 15 is 0 Å². The maximum atomic E-state index is 2.37. The Labute approximate surface area is 86.7 Å². The molecule has 76 valence electrons. The topological polar surface area (TPSA) is 3.24 Å². The Balaban J connectivity index is 2.56. The van der Waals surface area contributed by atoms with E-state index in [2.05, 4.69) is 50.9 Å². The molecule has 0 fully saturated rings. The van der Waals surface area contributed by atoms with Crippen LogP contribution in [0, 0.1) is 0 Å². The molecule has 0 spiro atoms. The van der Waals surface area contributed by atoms with E-state index < -0.39 is 0 Å². The maximum Gasteiger partial charge on any atom is 0.0402 e. The Morgan fingerprint density at radius 3 is 2.71 bits per heavy atom. The Kier molecular flexibility index (Phi) is 2.26. The van der Waals surface area contributed by atoms with Crippen LogP contribution >= 0.6 is 0 Å². The van der Waals surface area contributed by atoms with Gasteiger partial charge in [-0.15, -0.1) is 0 Å². The van der Waals surface area contributed by atoms with Crippen molar-refractivity contribution in [3.05, 3.63) is 29.3 Å². The van der Waals surface area contributed by atoms with Gasteiger partial charge in [0.25, 0.3) is 0 Å². The molecule has 0 saturated heterocycles. The summed E-state index contributed by atoms with van der Waals surface area (Å²) in [5.74, 6) is 1.33. The summed E-state index contributed by atoms with van der Waals surface area (Å²) in [6.07, 6.45) is 0. The van der Waals surface area contributed by atoms with Crippen LogP contribution in [0.3, 0.4) is 0 Å². The molecule has 1 aromatic rings. The number of nitrogens with zero attached hydrogens (tertiary/aromatic N) is 1. The molecule has 1 heterocycles. The van der Waals surface area contributed by atoms with Gasteiger partial charge in [0, 0.05) is 25.2 Å². The molecule has 1 unspecified atom stereocenters. The van der Waals surface area contributed by atoms with E-state index in [9.17, 15) is 0 Å². The van der Waals surface area contributed by atoms with Crippen molar-refractivity contribution in [3.63, 3.8) is 0 Å². The van der Waals surface area contributed by atoms with Gasteiger partial charge in [-0.1, -0.05) is 32.9 Å². The van der Waals surface area contributed by atoms with E-state index in [4.69, 9.17) is 0 Å². The Morgan fingerprint density at radius 1 is 1.36 bits per heavy atom. The molecule has 14 heavy (non-hydrogen) atoms. The zero-order valence-corrected chi connectivity index (χ0v) is 9.54. The van der Waals surface area contributed by atoms with Gasteiger partial charge >= 0.3 is 0 Å². The normalized spacial score (nSPS) is 20.4. The lowest BCUT2D eigenvalue weighted by Gasteiger charge is -2.15. The quantitative estimate of drug-likeness (QED) is 0.654. The highest BCUT2D eigenvalue weighted by atomic mass is 15.1. The summed E-state index contributed by atoms with van der Waals surface area (Å²) in [6, 6.07) is 6.70. The SMILES string of the molecule is CC(C)c1cccc2c1C(C)CN2C. The minimum Gasteiger partial charge on any atom is -0.374 e. The molecule has 0 aromatic heterocycles. The summed E-state index contributed by atoms with van der Waals surface area (Å²) in [5, 5.41) is 0. The van der Waals surface area contributed by atoms with E-state index in [0.29, 0.717) is 11.8 Å². The van der Waals surface area contributed by atoms with Gasteiger partial charge in [-0.2, -0.15) is 0 Å². The first-order valence-corrected chi connectivity index (χ1v) is 5.45. The maximum absolute atomic E-state index is 2.37. The fourth-order valence-electron chi connectivity index (χ4n) is 2.54. The summed E-state index contributed by atoms with van der Waals surface area (Å²) >= 11 is 0. The molecule has 0 amide bonds. The highest BCUT2D eigenvalue weighted by Crippen LogP contribution is 2.39. The van der Waals surface area contributed by atoms with E-state index in [1.807, 2.05) is 0 Å². The predicted octanol–water partition coefficient (Wildman–Crippen LogP) is 3.36. The number of likely N-dealkylation sites (N-methyl/N-ethyl adjacent to an activating group) is 1. The molecule has 1 heteroatoms. The van der Waals surface area contributed by atoms with Gasteiger partial charge in [0.1, 0.15) is 0 Å².